The SMILES string of the molecule is CNCC(=O)Nc1cccc(CCC(F)(F)F)c1.Cl. The topological polar surface area (TPSA) is 41.1 Å². The number of carbonyl (C=O) groups excluding carboxylic acids is 1. The van der Waals surface area contributed by atoms with Gasteiger partial charge in [-0.05, 0) is 31.2 Å². The molecule has 108 valence electrons. The molecule has 0 aliphatic rings. The zero-order valence-corrected chi connectivity index (χ0v) is 11.2. The molecule has 0 saturated heterocycles. The summed E-state index contributed by atoms with van der Waals surface area (Å²) >= 11 is 0. The molecule has 0 aromatic heterocycles. The molecule has 0 bridgehead atoms. The van der Waals surface area contributed by atoms with Crippen LogP contribution in [0.3, 0.4) is 0 Å². The summed E-state index contributed by atoms with van der Waals surface area (Å²) in [6.45, 7) is 0.160. The van der Waals surface area contributed by atoms with Crippen molar-refractivity contribution in [3.05, 3.63) is 29.8 Å². The number of nitrogens with one attached hydrogen (secondary N) is 2. The van der Waals surface area contributed by atoms with Gasteiger partial charge in [0.1, 0.15) is 0 Å². The van der Waals surface area contributed by atoms with Crippen LogP contribution in [0.4, 0.5) is 18.9 Å². The number of anilines is 1. The van der Waals surface area contributed by atoms with Crippen molar-refractivity contribution in [2.45, 2.75) is 19.0 Å². The average molecular weight is 297 g/mol. The van der Waals surface area contributed by atoms with Crippen LogP contribution in [0, 0.1) is 0 Å². The number of benzene rings is 1. The minimum atomic E-state index is -4.16. The highest BCUT2D eigenvalue weighted by molar-refractivity contribution is 5.92. The fraction of sp³-hybridized carbons (Fsp3) is 0.417. The molecular formula is C12H16ClF3N2O. The Morgan fingerprint density at radius 3 is 2.58 bits per heavy atom. The number of carbonyl (C=O) groups is 1. The normalized spacial score (nSPS) is 10.7. The number of alkyl halides is 3. The van der Waals surface area contributed by atoms with Gasteiger partial charge in [0.2, 0.25) is 5.91 Å². The van der Waals surface area contributed by atoms with Crippen LogP contribution in [0.2, 0.25) is 0 Å². The lowest BCUT2D eigenvalue weighted by Gasteiger charge is -2.09. The van der Waals surface area contributed by atoms with Crippen molar-refractivity contribution in [1.82, 2.24) is 5.32 Å². The molecule has 0 unspecified atom stereocenters. The lowest BCUT2D eigenvalue weighted by atomic mass is 10.1. The molecule has 0 saturated carbocycles. The third-order valence-electron chi connectivity index (χ3n) is 2.25. The highest BCUT2D eigenvalue weighted by Crippen LogP contribution is 2.23. The minimum Gasteiger partial charge on any atom is -0.325 e. The first-order valence-electron chi connectivity index (χ1n) is 5.51. The van der Waals surface area contributed by atoms with Gasteiger partial charge in [0, 0.05) is 12.1 Å². The first-order valence-corrected chi connectivity index (χ1v) is 5.51. The summed E-state index contributed by atoms with van der Waals surface area (Å²) in [5.41, 5.74) is 1.06. The van der Waals surface area contributed by atoms with E-state index in [9.17, 15) is 18.0 Å². The van der Waals surface area contributed by atoms with E-state index in [4.69, 9.17) is 0 Å². The van der Waals surface area contributed by atoms with Crippen LogP contribution in [0.15, 0.2) is 24.3 Å². The maximum absolute atomic E-state index is 12.1. The molecule has 0 aliphatic heterocycles. The summed E-state index contributed by atoms with van der Waals surface area (Å²) in [4.78, 5) is 11.3. The van der Waals surface area contributed by atoms with Crippen LogP contribution in [0.1, 0.15) is 12.0 Å². The fourth-order valence-corrected chi connectivity index (χ4v) is 1.46. The molecule has 0 aliphatic carbocycles. The highest BCUT2D eigenvalue weighted by Gasteiger charge is 2.26. The zero-order valence-electron chi connectivity index (χ0n) is 10.4. The molecule has 1 aromatic rings. The number of hydrogen-bond acceptors (Lipinski definition) is 2. The zero-order chi connectivity index (χ0) is 13.6. The van der Waals surface area contributed by atoms with E-state index in [0.29, 0.717) is 11.3 Å². The fourth-order valence-electron chi connectivity index (χ4n) is 1.46. The van der Waals surface area contributed by atoms with Gasteiger partial charge in [-0.2, -0.15) is 13.2 Å². The van der Waals surface area contributed by atoms with Gasteiger partial charge >= 0.3 is 6.18 Å². The Balaban J connectivity index is 0.00000324. The molecule has 0 atom stereocenters. The molecular weight excluding hydrogens is 281 g/mol. The molecule has 1 amide bonds. The van der Waals surface area contributed by atoms with Crippen molar-refractivity contribution in [3.8, 4) is 0 Å². The highest BCUT2D eigenvalue weighted by atomic mass is 35.5. The van der Waals surface area contributed by atoms with E-state index < -0.39 is 12.6 Å². The summed E-state index contributed by atoms with van der Waals surface area (Å²) < 4.78 is 36.2. The van der Waals surface area contributed by atoms with E-state index in [0.717, 1.165) is 0 Å². The molecule has 19 heavy (non-hydrogen) atoms. The number of rotatable bonds is 5. The summed E-state index contributed by atoms with van der Waals surface area (Å²) in [7, 11) is 1.64. The van der Waals surface area contributed by atoms with E-state index >= 15 is 0 Å². The van der Waals surface area contributed by atoms with E-state index in [1.165, 1.54) is 0 Å². The standard InChI is InChI=1S/C12H15F3N2O.ClH/c1-16-8-11(18)17-10-4-2-3-9(7-10)5-6-12(13,14)15;/h2-4,7,16H,5-6,8H2,1H3,(H,17,18);1H. The molecule has 3 nitrogen and oxygen atoms in total. The number of amides is 1. The van der Waals surface area contributed by atoms with Crippen LogP contribution in [-0.4, -0.2) is 25.7 Å². The summed E-state index contributed by atoms with van der Waals surface area (Å²) in [6, 6.07) is 6.43. The summed E-state index contributed by atoms with van der Waals surface area (Å²) in [5, 5.41) is 5.28. The number of hydrogen-bond donors (Lipinski definition) is 2. The van der Waals surface area contributed by atoms with E-state index in [2.05, 4.69) is 10.6 Å². The molecule has 0 spiro atoms. The first-order chi connectivity index (χ1) is 8.40. The van der Waals surface area contributed by atoms with E-state index in [-0.39, 0.29) is 31.3 Å². The lowest BCUT2D eigenvalue weighted by molar-refractivity contribution is -0.134. The van der Waals surface area contributed by atoms with Crippen molar-refractivity contribution >= 4 is 24.0 Å². The Morgan fingerprint density at radius 2 is 2.00 bits per heavy atom. The smallest absolute Gasteiger partial charge is 0.325 e. The van der Waals surface area contributed by atoms with Gasteiger partial charge in [-0.1, -0.05) is 12.1 Å². The molecule has 0 heterocycles. The monoisotopic (exact) mass is 296 g/mol. The van der Waals surface area contributed by atoms with Crippen molar-refractivity contribution in [2.24, 2.45) is 0 Å². The maximum atomic E-state index is 12.1. The predicted octanol–water partition coefficient (Wildman–Crippen LogP) is 2.76. The summed E-state index contributed by atoms with van der Waals surface area (Å²) in [6.07, 6.45) is -5.11. The molecule has 1 aromatic carbocycles. The Labute approximate surface area is 116 Å². The van der Waals surface area contributed by atoms with E-state index in [1.807, 2.05) is 0 Å². The lowest BCUT2D eigenvalue weighted by Crippen LogP contribution is -2.25. The van der Waals surface area contributed by atoms with Gasteiger partial charge in [-0.25, -0.2) is 0 Å². The third kappa shape index (κ3) is 7.69. The van der Waals surface area contributed by atoms with Gasteiger partial charge in [-0.15, -0.1) is 12.4 Å². The van der Waals surface area contributed by atoms with Crippen molar-refractivity contribution < 1.29 is 18.0 Å². The van der Waals surface area contributed by atoms with Crippen LogP contribution < -0.4 is 10.6 Å². The van der Waals surface area contributed by atoms with Gasteiger partial charge in [-0.3, -0.25) is 4.79 Å². The van der Waals surface area contributed by atoms with Gasteiger partial charge in [0.15, 0.2) is 0 Å². The second-order valence-corrected chi connectivity index (χ2v) is 3.89. The largest absolute Gasteiger partial charge is 0.389 e. The van der Waals surface area contributed by atoms with E-state index in [1.54, 1.807) is 31.3 Å². The second-order valence-electron chi connectivity index (χ2n) is 3.89. The van der Waals surface area contributed by atoms with Crippen molar-refractivity contribution in [1.29, 1.82) is 0 Å². The predicted molar refractivity (Wildman–Crippen MR) is 70.6 cm³/mol. The molecule has 0 radical (unpaired) electrons. The van der Waals surface area contributed by atoms with Gasteiger partial charge in [0.25, 0.3) is 0 Å². The van der Waals surface area contributed by atoms with Crippen molar-refractivity contribution in [3.63, 3.8) is 0 Å². The summed E-state index contributed by atoms with van der Waals surface area (Å²) in [5.74, 6) is -0.231. The van der Waals surface area contributed by atoms with Crippen LogP contribution in [0.25, 0.3) is 0 Å². The molecule has 7 heteroatoms. The molecule has 2 N–H and O–H groups in total. The third-order valence-corrected chi connectivity index (χ3v) is 2.25. The first kappa shape index (κ1) is 17.7. The Bertz CT molecular complexity index is 410. The average Bonchev–Trinajstić information content (AvgIpc) is 2.26. The second kappa shape index (κ2) is 8.01. The van der Waals surface area contributed by atoms with Gasteiger partial charge < -0.3 is 10.6 Å². The Hall–Kier alpha value is -1.27. The minimum absolute atomic E-state index is 0. The molecule has 0 fully saturated rings. The quantitative estimate of drug-likeness (QED) is 0.877. The van der Waals surface area contributed by atoms with Crippen molar-refractivity contribution in [2.75, 3.05) is 18.9 Å². The van der Waals surface area contributed by atoms with Crippen LogP contribution in [-0.2, 0) is 11.2 Å². The van der Waals surface area contributed by atoms with Crippen LogP contribution in [0.5, 0.6) is 0 Å². The number of aryl methyl sites for hydroxylation is 1. The Morgan fingerprint density at radius 1 is 1.32 bits per heavy atom. The van der Waals surface area contributed by atoms with Gasteiger partial charge in [0.05, 0.1) is 6.54 Å². The maximum Gasteiger partial charge on any atom is 0.389 e. The number of likely N-dealkylation sites (N-methyl/N-ethyl adjacent to an activating group) is 1. The molecule has 1 rings (SSSR count). The Kier molecular flexibility index (Phi) is 7.48. The number of halogens is 4. The van der Waals surface area contributed by atoms with Crippen LogP contribution >= 0.6 is 12.4 Å².